The lowest BCUT2D eigenvalue weighted by molar-refractivity contribution is 0.0656. The Kier molecular flexibility index (Phi) is 5.45. The summed E-state index contributed by atoms with van der Waals surface area (Å²) in [5, 5.41) is 3.92. The van der Waals surface area contributed by atoms with Crippen molar-refractivity contribution in [3.8, 4) is 0 Å². The quantitative estimate of drug-likeness (QED) is 0.861. The number of carbonyl (C=O) groups is 1. The van der Waals surface area contributed by atoms with Gasteiger partial charge in [-0.2, -0.15) is 0 Å². The largest absolute Gasteiger partial charge is 0.333 e. The van der Waals surface area contributed by atoms with E-state index in [0.717, 1.165) is 25.2 Å². The summed E-state index contributed by atoms with van der Waals surface area (Å²) in [5.74, 6) is 0.0703. The Morgan fingerprint density at radius 2 is 2.22 bits per heavy atom. The predicted octanol–water partition coefficient (Wildman–Crippen LogP) is 2.50. The number of nitrogens with one attached hydrogen (secondary N) is 1. The number of halogens is 2. The first-order valence-corrected chi connectivity index (χ1v) is 6.25. The van der Waals surface area contributed by atoms with Gasteiger partial charge in [-0.25, -0.2) is 0 Å². The number of aryl methyl sites for hydroxylation is 1. The monoisotopic (exact) mass is 288 g/mol. The highest BCUT2D eigenvalue weighted by Crippen LogP contribution is 2.19. The van der Waals surface area contributed by atoms with Crippen molar-refractivity contribution in [1.82, 2.24) is 10.2 Å². The van der Waals surface area contributed by atoms with Gasteiger partial charge in [0.05, 0.1) is 0 Å². The van der Waals surface area contributed by atoms with Crippen LogP contribution in [0.25, 0.3) is 0 Å². The molecular formula is C13H18Cl2N2O. The Hall–Kier alpha value is -0.770. The first-order valence-electron chi connectivity index (χ1n) is 5.87. The molecule has 0 aromatic heterocycles. The van der Waals surface area contributed by atoms with Crippen molar-refractivity contribution in [2.24, 2.45) is 0 Å². The maximum absolute atomic E-state index is 12.3. The number of carbonyl (C=O) groups excluding carboxylic acids is 1. The summed E-state index contributed by atoms with van der Waals surface area (Å²) in [4.78, 5) is 14.2. The van der Waals surface area contributed by atoms with Gasteiger partial charge in [0.2, 0.25) is 0 Å². The third kappa shape index (κ3) is 3.16. The van der Waals surface area contributed by atoms with Gasteiger partial charge in [0.25, 0.3) is 5.91 Å². The number of amides is 1. The van der Waals surface area contributed by atoms with Crippen molar-refractivity contribution in [2.45, 2.75) is 19.9 Å². The van der Waals surface area contributed by atoms with E-state index in [9.17, 15) is 4.79 Å². The second-order valence-corrected chi connectivity index (χ2v) is 4.92. The molecule has 1 aromatic rings. The van der Waals surface area contributed by atoms with Crippen molar-refractivity contribution < 1.29 is 4.79 Å². The van der Waals surface area contributed by atoms with Crippen LogP contribution in [0.15, 0.2) is 18.2 Å². The molecule has 0 aliphatic carbocycles. The minimum Gasteiger partial charge on any atom is -0.333 e. The number of hydrogen-bond donors (Lipinski definition) is 1. The molecule has 0 unspecified atom stereocenters. The van der Waals surface area contributed by atoms with Crippen LogP contribution in [0.4, 0.5) is 0 Å². The molecule has 100 valence electrons. The van der Waals surface area contributed by atoms with Gasteiger partial charge in [-0.05, 0) is 31.5 Å². The lowest BCUT2D eigenvalue weighted by atomic mass is 10.1. The number of nitrogens with zero attached hydrogens (tertiary/aromatic N) is 1. The Balaban J connectivity index is 0.00000162. The van der Waals surface area contributed by atoms with Crippen LogP contribution in [0.2, 0.25) is 5.02 Å². The Morgan fingerprint density at radius 1 is 1.50 bits per heavy atom. The molecular weight excluding hydrogens is 271 g/mol. The molecule has 18 heavy (non-hydrogen) atoms. The molecule has 0 saturated carbocycles. The second kappa shape index (κ2) is 6.41. The standard InChI is InChI=1S/C13H17ClN2O.ClH/c1-9-3-4-11(7-12(9)14)13(17)16-6-5-15-8-10(16)2;/h3-4,7,10,15H,5-6,8H2,1-2H3;1H/t10-;/m1./s1. The van der Waals surface area contributed by atoms with Crippen molar-refractivity contribution >= 4 is 29.9 Å². The molecule has 0 spiro atoms. The van der Waals surface area contributed by atoms with Crippen LogP contribution in [0.5, 0.6) is 0 Å². The molecule has 1 heterocycles. The van der Waals surface area contributed by atoms with Crippen LogP contribution < -0.4 is 5.32 Å². The topological polar surface area (TPSA) is 32.3 Å². The van der Waals surface area contributed by atoms with Crippen LogP contribution in [-0.2, 0) is 0 Å². The van der Waals surface area contributed by atoms with E-state index < -0.39 is 0 Å². The maximum Gasteiger partial charge on any atom is 0.254 e. The van der Waals surface area contributed by atoms with Gasteiger partial charge < -0.3 is 10.2 Å². The molecule has 0 bridgehead atoms. The fourth-order valence-electron chi connectivity index (χ4n) is 2.03. The van der Waals surface area contributed by atoms with E-state index in [1.54, 1.807) is 6.07 Å². The SMILES string of the molecule is Cc1ccc(C(=O)N2CCNC[C@H]2C)cc1Cl.Cl. The normalized spacial score (nSPS) is 19.3. The van der Waals surface area contributed by atoms with E-state index in [4.69, 9.17) is 11.6 Å². The summed E-state index contributed by atoms with van der Waals surface area (Å²) >= 11 is 6.05. The highest BCUT2D eigenvalue weighted by molar-refractivity contribution is 6.31. The molecule has 1 fully saturated rings. The highest BCUT2D eigenvalue weighted by atomic mass is 35.5. The minimum absolute atomic E-state index is 0. The summed E-state index contributed by atoms with van der Waals surface area (Å²) in [7, 11) is 0. The van der Waals surface area contributed by atoms with E-state index in [1.807, 2.05) is 24.0 Å². The van der Waals surface area contributed by atoms with Gasteiger partial charge in [-0.3, -0.25) is 4.79 Å². The maximum atomic E-state index is 12.3. The average Bonchev–Trinajstić information content (AvgIpc) is 2.32. The number of rotatable bonds is 1. The van der Waals surface area contributed by atoms with E-state index in [1.165, 1.54) is 0 Å². The first-order chi connectivity index (χ1) is 8.09. The zero-order valence-corrected chi connectivity index (χ0v) is 12.1. The van der Waals surface area contributed by atoms with Crippen LogP contribution in [0.3, 0.4) is 0 Å². The lowest BCUT2D eigenvalue weighted by Gasteiger charge is -2.34. The molecule has 1 aromatic carbocycles. The summed E-state index contributed by atoms with van der Waals surface area (Å²) in [6.45, 7) is 6.45. The fraction of sp³-hybridized carbons (Fsp3) is 0.462. The van der Waals surface area contributed by atoms with Crippen LogP contribution in [-0.4, -0.2) is 36.5 Å². The zero-order chi connectivity index (χ0) is 12.4. The van der Waals surface area contributed by atoms with Gasteiger partial charge in [0.1, 0.15) is 0 Å². The first kappa shape index (κ1) is 15.3. The number of benzene rings is 1. The highest BCUT2D eigenvalue weighted by Gasteiger charge is 2.24. The van der Waals surface area contributed by atoms with E-state index in [2.05, 4.69) is 12.2 Å². The van der Waals surface area contributed by atoms with Gasteiger partial charge in [0.15, 0.2) is 0 Å². The zero-order valence-electron chi connectivity index (χ0n) is 10.6. The Labute approximate surface area is 119 Å². The van der Waals surface area contributed by atoms with Gasteiger partial charge in [-0.1, -0.05) is 17.7 Å². The van der Waals surface area contributed by atoms with Gasteiger partial charge in [-0.15, -0.1) is 12.4 Å². The van der Waals surface area contributed by atoms with Gasteiger partial charge >= 0.3 is 0 Å². The molecule has 1 atom stereocenters. The van der Waals surface area contributed by atoms with Crippen molar-refractivity contribution in [3.63, 3.8) is 0 Å². The molecule has 1 amide bonds. The summed E-state index contributed by atoms with van der Waals surface area (Å²) < 4.78 is 0. The molecule has 2 rings (SSSR count). The van der Waals surface area contributed by atoms with Crippen molar-refractivity contribution in [1.29, 1.82) is 0 Å². The van der Waals surface area contributed by atoms with Crippen LogP contribution in [0, 0.1) is 6.92 Å². The summed E-state index contributed by atoms with van der Waals surface area (Å²) in [6.07, 6.45) is 0. The van der Waals surface area contributed by atoms with Crippen molar-refractivity contribution in [3.05, 3.63) is 34.3 Å². The Morgan fingerprint density at radius 3 is 2.83 bits per heavy atom. The van der Waals surface area contributed by atoms with E-state index in [-0.39, 0.29) is 24.4 Å². The third-order valence-corrected chi connectivity index (χ3v) is 3.59. The Bertz CT molecular complexity index is 437. The van der Waals surface area contributed by atoms with Crippen LogP contribution >= 0.6 is 24.0 Å². The summed E-state index contributed by atoms with van der Waals surface area (Å²) in [6, 6.07) is 5.73. The number of hydrogen-bond acceptors (Lipinski definition) is 2. The molecule has 1 aliphatic heterocycles. The average molecular weight is 289 g/mol. The smallest absolute Gasteiger partial charge is 0.254 e. The van der Waals surface area contributed by atoms with Gasteiger partial charge in [0, 0.05) is 36.3 Å². The summed E-state index contributed by atoms with van der Waals surface area (Å²) in [5.41, 5.74) is 1.67. The molecule has 5 heteroatoms. The molecule has 0 radical (unpaired) electrons. The van der Waals surface area contributed by atoms with E-state index >= 15 is 0 Å². The predicted molar refractivity (Wildman–Crippen MR) is 76.8 cm³/mol. The third-order valence-electron chi connectivity index (χ3n) is 3.18. The second-order valence-electron chi connectivity index (χ2n) is 4.52. The lowest BCUT2D eigenvalue weighted by Crippen LogP contribution is -2.52. The number of piperazine rings is 1. The molecule has 1 aliphatic rings. The van der Waals surface area contributed by atoms with Crippen molar-refractivity contribution in [2.75, 3.05) is 19.6 Å². The fourth-order valence-corrected chi connectivity index (χ4v) is 2.22. The molecule has 1 saturated heterocycles. The molecule has 3 nitrogen and oxygen atoms in total. The van der Waals surface area contributed by atoms with E-state index in [0.29, 0.717) is 10.6 Å². The molecule has 1 N–H and O–H groups in total. The van der Waals surface area contributed by atoms with Crippen LogP contribution in [0.1, 0.15) is 22.8 Å². The minimum atomic E-state index is 0.